The maximum Gasteiger partial charge on any atom is 0.326 e. The van der Waals surface area contributed by atoms with Crippen LogP contribution in [-0.4, -0.2) is 40.1 Å². The number of rotatable bonds is 3. The Morgan fingerprint density at radius 1 is 1.22 bits per heavy atom. The van der Waals surface area contributed by atoms with Crippen molar-refractivity contribution in [3.05, 3.63) is 0 Å². The third kappa shape index (κ3) is 3.37. The van der Waals surface area contributed by atoms with E-state index in [0.717, 1.165) is 19.3 Å². The maximum absolute atomic E-state index is 12.2. The maximum atomic E-state index is 12.2. The number of urea groups is 1. The predicted molar refractivity (Wildman–Crippen MR) is 69.4 cm³/mol. The summed E-state index contributed by atoms with van der Waals surface area (Å²) in [7, 11) is 0. The molecule has 0 radical (unpaired) electrons. The normalized spacial score (nSPS) is 25.9. The SMILES string of the molecule is CC(C)[C@H](NC(=O)N1C(C)CCCC1C)C(=O)O. The van der Waals surface area contributed by atoms with E-state index in [0.29, 0.717) is 0 Å². The molecule has 104 valence electrons. The number of carboxylic acid groups (broad SMARTS) is 1. The van der Waals surface area contributed by atoms with Crippen LogP contribution in [0.4, 0.5) is 4.79 Å². The van der Waals surface area contributed by atoms with Crippen molar-refractivity contribution in [2.75, 3.05) is 0 Å². The summed E-state index contributed by atoms with van der Waals surface area (Å²) < 4.78 is 0. The van der Waals surface area contributed by atoms with Crippen molar-refractivity contribution in [3.63, 3.8) is 0 Å². The Hall–Kier alpha value is -1.26. The molecule has 3 atom stereocenters. The standard InChI is InChI=1S/C13H24N2O3/c1-8(2)11(12(16)17)14-13(18)15-9(3)6-5-7-10(15)4/h8-11H,5-7H2,1-4H3,(H,14,18)(H,16,17)/t9?,10?,11-/m0/s1. The number of hydrogen-bond donors (Lipinski definition) is 2. The predicted octanol–water partition coefficient (Wildman–Crippen LogP) is 2.07. The van der Waals surface area contributed by atoms with Gasteiger partial charge in [0.1, 0.15) is 6.04 Å². The zero-order valence-corrected chi connectivity index (χ0v) is 11.6. The lowest BCUT2D eigenvalue weighted by molar-refractivity contribution is -0.140. The molecule has 1 saturated heterocycles. The minimum atomic E-state index is -0.976. The van der Waals surface area contributed by atoms with Gasteiger partial charge in [-0.1, -0.05) is 13.8 Å². The van der Waals surface area contributed by atoms with Gasteiger partial charge in [0.15, 0.2) is 0 Å². The molecule has 1 heterocycles. The number of carbonyl (C=O) groups excluding carboxylic acids is 1. The Labute approximate surface area is 109 Å². The van der Waals surface area contributed by atoms with Gasteiger partial charge in [-0.05, 0) is 39.0 Å². The van der Waals surface area contributed by atoms with Gasteiger partial charge in [-0.15, -0.1) is 0 Å². The molecule has 18 heavy (non-hydrogen) atoms. The average Bonchev–Trinajstić information content (AvgIpc) is 2.24. The van der Waals surface area contributed by atoms with E-state index in [4.69, 9.17) is 5.11 Å². The van der Waals surface area contributed by atoms with Gasteiger partial charge in [0.2, 0.25) is 0 Å². The Morgan fingerprint density at radius 3 is 2.11 bits per heavy atom. The van der Waals surface area contributed by atoms with Crippen LogP contribution in [0, 0.1) is 5.92 Å². The van der Waals surface area contributed by atoms with Gasteiger partial charge in [-0.3, -0.25) is 0 Å². The van der Waals surface area contributed by atoms with Crippen molar-refractivity contribution in [2.24, 2.45) is 5.92 Å². The number of carboxylic acids is 1. The van der Waals surface area contributed by atoms with E-state index >= 15 is 0 Å². The molecule has 1 rings (SSSR count). The van der Waals surface area contributed by atoms with Crippen LogP contribution in [0.15, 0.2) is 0 Å². The lowest BCUT2D eigenvalue weighted by atomic mass is 9.98. The number of piperidine rings is 1. The van der Waals surface area contributed by atoms with E-state index in [-0.39, 0.29) is 24.0 Å². The monoisotopic (exact) mass is 256 g/mol. The van der Waals surface area contributed by atoms with Crippen molar-refractivity contribution in [3.8, 4) is 0 Å². The van der Waals surface area contributed by atoms with Crippen LogP contribution in [0.5, 0.6) is 0 Å². The molecule has 0 spiro atoms. The summed E-state index contributed by atoms with van der Waals surface area (Å²) in [6.07, 6.45) is 3.09. The molecule has 0 bridgehead atoms. The van der Waals surface area contributed by atoms with Crippen LogP contribution in [0.2, 0.25) is 0 Å². The van der Waals surface area contributed by atoms with Gasteiger partial charge in [-0.25, -0.2) is 9.59 Å². The molecular weight excluding hydrogens is 232 g/mol. The molecule has 1 fully saturated rings. The first-order valence-corrected chi connectivity index (χ1v) is 6.66. The zero-order chi connectivity index (χ0) is 13.9. The van der Waals surface area contributed by atoms with Gasteiger partial charge in [0, 0.05) is 12.1 Å². The second kappa shape index (κ2) is 6.07. The smallest absolute Gasteiger partial charge is 0.326 e. The highest BCUT2D eigenvalue weighted by Crippen LogP contribution is 2.22. The summed E-state index contributed by atoms with van der Waals surface area (Å²) in [5.41, 5.74) is 0. The Bertz CT molecular complexity index is 307. The van der Waals surface area contributed by atoms with Crippen LogP contribution in [0.1, 0.15) is 47.0 Å². The van der Waals surface area contributed by atoms with Gasteiger partial charge >= 0.3 is 12.0 Å². The van der Waals surface area contributed by atoms with Crippen molar-refractivity contribution in [2.45, 2.75) is 65.1 Å². The highest BCUT2D eigenvalue weighted by molar-refractivity contribution is 5.83. The third-order valence-electron chi connectivity index (χ3n) is 3.64. The van der Waals surface area contributed by atoms with Crippen molar-refractivity contribution in [1.29, 1.82) is 0 Å². The summed E-state index contributed by atoms with van der Waals surface area (Å²) in [6, 6.07) is -0.722. The van der Waals surface area contributed by atoms with Crippen LogP contribution in [0.3, 0.4) is 0 Å². The van der Waals surface area contributed by atoms with Crippen LogP contribution >= 0.6 is 0 Å². The van der Waals surface area contributed by atoms with Crippen molar-refractivity contribution >= 4 is 12.0 Å². The quantitative estimate of drug-likeness (QED) is 0.812. The fraction of sp³-hybridized carbons (Fsp3) is 0.846. The van der Waals surface area contributed by atoms with E-state index in [1.54, 1.807) is 18.7 Å². The van der Waals surface area contributed by atoms with Gasteiger partial charge in [-0.2, -0.15) is 0 Å². The average molecular weight is 256 g/mol. The summed E-state index contributed by atoms with van der Waals surface area (Å²) in [5, 5.41) is 11.7. The molecule has 0 aromatic rings. The zero-order valence-electron chi connectivity index (χ0n) is 11.6. The fourth-order valence-electron chi connectivity index (χ4n) is 2.54. The molecule has 0 aromatic heterocycles. The van der Waals surface area contributed by atoms with Gasteiger partial charge in [0.05, 0.1) is 0 Å². The van der Waals surface area contributed by atoms with E-state index < -0.39 is 12.0 Å². The first-order valence-electron chi connectivity index (χ1n) is 6.66. The number of carbonyl (C=O) groups is 2. The van der Waals surface area contributed by atoms with Crippen LogP contribution < -0.4 is 5.32 Å². The Kier molecular flexibility index (Phi) is 4.99. The molecule has 0 aromatic carbocycles. The molecule has 5 heteroatoms. The Balaban J connectivity index is 2.70. The van der Waals surface area contributed by atoms with Crippen LogP contribution in [0.25, 0.3) is 0 Å². The number of nitrogens with one attached hydrogen (secondary N) is 1. The van der Waals surface area contributed by atoms with Crippen molar-refractivity contribution in [1.82, 2.24) is 10.2 Å². The second-order valence-corrected chi connectivity index (χ2v) is 5.55. The van der Waals surface area contributed by atoms with E-state index in [2.05, 4.69) is 5.32 Å². The van der Waals surface area contributed by atoms with E-state index in [9.17, 15) is 9.59 Å². The van der Waals surface area contributed by atoms with Crippen LogP contribution in [-0.2, 0) is 4.79 Å². The highest BCUT2D eigenvalue weighted by atomic mass is 16.4. The molecule has 1 aliphatic heterocycles. The van der Waals surface area contributed by atoms with Gasteiger partial charge in [0.25, 0.3) is 0 Å². The highest BCUT2D eigenvalue weighted by Gasteiger charge is 2.32. The molecule has 0 saturated carbocycles. The van der Waals surface area contributed by atoms with Crippen molar-refractivity contribution < 1.29 is 14.7 Å². The first kappa shape index (κ1) is 14.8. The number of likely N-dealkylation sites (tertiary alicyclic amines) is 1. The molecule has 2 amide bonds. The number of aliphatic carboxylic acids is 1. The lowest BCUT2D eigenvalue weighted by Gasteiger charge is -2.39. The first-order chi connectivity index (χ1) is 8.34. The summed E-state index contributed by atoms with van der Waals surface area (Å²) in [6.45, 7) is 7.62. The largest absolute Gasteiger partial charge is 0.480 e. The summed E-state index contributed by atoms with van der Waals surface area (Å²) in [5.74, 6) is -1.10. The molecule has 2 unspecified atom stereocenters. The molecule has 5 nitrogen and oxygen atoms in total. The number of nitrogens with zero attached hydrogens (tertiary/aromatic N) is 1. The number of amides is 2. The molecule has 0 aliphatic carbocycles. The lowest BCUT2D eigenvalue weighted by Crippen LogP contribution is -2.56. The molecule has 1 aliphatic rings. The van der Waals surface area contributed by atoms with E-state index in [1.807, 2.05) is 13.8 Å². The summed E-state index contributed by atoms with van der Waals surface area (Å²) in [4.78, 5) is 25.1. The number of hydrogen-bond acceptors (Lipinski definition) is 2. The molecular formula is C13H24N2O3. The minimum Gasteiger partial charge on any atom is -0.480 e. The fourth-order valence-corrected chi connectivity index (χ4v) is 2.54. The van der Waals surface area contributed by atoms with Gasteiger partial charge < -0.3 is 15.3 Å². The Morgan fingerprint density at radius 2 is 1.72 bits per heavy atom. The topological polar surface area (TPSA) is 69.6 Å². The minimum absolute atomic E-state index is 0.123. The second-order valence-electron chi connectivity index (χ2n) is 5.55. The summed E-state index contributed by atoms with van der Waals surface area (Å²) >= 11 is 0. The third-order valence-corrected chi connectivity index (χ3v) is 3.64. The van der Waals surface area contributed by atoms with E-state index in [1.165, 1.54) is 0 Å². The molecule has 2 N–H and O–H groups in total.